The van der Waals surface area contributed by atoms with Gasteiger partial charge in [0.05, 0.1) is 31.9 Å². The zero-order valence-electron chi connectivity index (χ0n) is 17.0. The molecule has 4 aliphatic rings. The van der Waals surface area contributed by atoms with Crippen LogP contribution in [0.5, 0.6) is 0 Å². The average Bonchev–Trinajstić information content (AvgIpc) is 3.66. The minimum atomic E-state index is 0.179. The zero-order chi connectivity index (χ0) is 19.8. The lowest BCUT2D eigenvalue weighted by atomic mass is 10.3. The van der Waals surface area contributed by atoms with Gasteiger partial charge in [-0.2, -0.15) is 0 Å². The van der Waals surface area contributed by atoms with E-state index in [-0.39, 0.29) is 11.8 Å². The van der Waals surface area contributed by atoms with Crippen LogP contribution in [0.15, 0.2) is 5.16 Å². The summed E-state index contributed by atoms with van der Waals surface area (Å²) < 4.78 is 2.31. The second-order valence-electron chi connectivity index (χ2n) is 8.90. The maximum absolute atomic E-state index is 12.7. The fraction of sp³-hybridized carbons (Fsp3) is 0.800. The SMILES string of the molecule is O=C(CSc1nnc(C2CC2)n1C1CC1)N1CC[NH+](CC(=O)N2CCCC2)CC1. The highest BCUT2D eigenvalue weighted by Crippen LogP contribution is 2.45. The summed E-state index contributed by atoms with van der Waals surface area (Å²) in [5, 5.41) is 9.74. The van der Waals surface area contributed by atoms with Gasteiger partial charge in [-0.3, -0.25) is 9.59 Å². The molecule has 2 amide bonds. The van der Waals surface area contributed by atoms with Crippen molar-refractivity contribution in [3.63, 3.8) is 0 Å². The van der Waals surface area contributed by atoms with Crippen LogP contribution in [0.4, 0.5) is 0 Å². The fourth-order valence-electron chi connectivity index (χ4n) is 4.44. The van der Waals surface area contributed by atoms with Gasteiger partial charge < -0.3 is 19.3 Å². The maximum Gasteiger partial charge on any atom is 0.277 e. The molecule has 0 unspecified atom stereocenters. The van der Waals surface area contributed by atoms with E-state index in [4.69, 9.17) is 0 Å². The van der Waals surface area contributed by atoms with Gasteiger partial charge in [-0.15, -0.1) is 10.2 Å². The van der Waals surface area contributed by atoms with Crippen molar-refractivity contribution in [3.8, 4) is 0 Å². The number of carbonyl (C=O) groups excluding carboxylic acids is 2. The Morgan fingerprint density at radius 3 is 2.28 bits per heavy atom. The number of aromatic nitrogens is 3. The molecule has 1 aromatic rings. The van der Waals surface area contributed by atoms with Gasteiger partial charge in [0.2, 0.25) is 5.91 Å². The van der Waals surface area contributed by atoms with Crippen LogP contribution in [0.25, 0.3) is 0 Å². The van der Waals surface area contributed by atoms with Crippen molar-refractivity contribution in [2.45, 2.75) is 55.6 Å². The molecule has 0 spiro atoms. The highest BCUT2D eigenvalue weighted by Gasteiger charge is 2.36. The van der Waals surface area contributed by atoms with Crippen LogP contribution in [0, 0.1) is 0 Å². The first-order valence-corrected chi connectivity index (χ1v) is 12.1. The Morgan fingerprint density at radius 2 is 1.62 bits per heavy atom. The lowest BCUT2D eigenvalue weighted by molar-refractivity contribution is -0.896. The van der Waals surface area contributed by atoms with Crippen LogP contribution < -0.4 is 4.90 Å². The number of amides is 2. The third kappa shape index (κ3) is 4.45. The number of rotatable bonds is 7. The van der Waals surface area contributed by atoms with Gasteiger partial charge in [-0.05, 0) is 38.5 Å². The number of likely N-dealkylation sites (tertiary alicyclic amines) is 1. The molecule has 5 rings (SSSR count). The molecule has 29 heavy (non-hydrogen) atoms. The molecule has 2 saturated carbocycles. The van der Waals surface area contributed by atoms with Gasteiger partial charge in [-0.25, -0.2) is 0 Å². The molecule has 0 aromatic carbocycles. The Labute approximate surface area is 176 Å². The fourth-order valence-corrected chi connectivity index (χ4v) is 5.36. The van der Waals surface area contributed by atoms with Crippen molar-refractivity contribution in [1.82, 2.24) is 24.6 Å². The zero-order valence-corrected chi connectivity index (χ0v) is 17.8. The molecule has 2 aliphatic carbocycles. The van der Waals surface area contributed by atoms with E-state index in [0.717, 1.165) is 63.1 Å². The van der Waals surface area contributed by atoms with Crippen molar-refractivity contribution in [2.24, 2.45) is 0 Å². The minimum Gasteiger partial charge on any atom is -0.338 e. The number of piperazine rings is 1. The van der Waals surface area contributed by atoms with Crippen LogP contribution >= 0.6 is 11.8 Å². The normalized spacial score (nSPS) is 23.0. The number of thioether (sulfide) groups is 1. The molecule has 0 radical (unpaired) electrons. The predicted molar refractivity (Wildman–Crippen MR) is 109 cm³/mol. The standard InChI is InChI=1S/C20H30N6O2S/c27-17(24-7-1-2-8-24)13-23-9-11-25(12-10-23)18(28)14-29-20-22-21-19(15-3-4-15)26(20)16-5-6-16/h15-16H,1-14H2/p+1. The molecule has 8 nitrogen and oxygen atoms in total. The molecular formula is C20H31N6O2S+. The van der Waals surface area contributed by atoms with Gasteiger partial charge >= 0.3 is 0 Å². The Hall–Kier alpha value is -1.61. The summed E-state index contributed by atoms with van der Waals surface area (Å²) in [4.78, 5) is 30.3. The summed E-state index contributed by atoms with van der Waals surface area (Å²) in [5.41, 5.74) is 0. The summed E-state index contributed by atoms with van der Waals surface area (Å²) >= 11 is 1.54. The first-order valence-electron chi connectivity index (χ1n) is 11.2. The Bertz CT molecular complexity index is 761. The third-order valence-electron chi connectivity index (χ3n) is 6.55. The maximum atomic E-state index is 12.7. The number of nitrogens with zero attached hydrogens (tertiary/aromatic N) is 5. The molecule has 9 heteroatoms. The quantitative estimate of drug-likeness (QED) is 0.627. The molecule has 2 aliphatic heterocycles. The number of hydrogen-bond acceptors (Lipinski definition) is 5. The largest absolute Gasteiger partial charge is 0.338 e. The van der Waals surface area contributed by atoms with Crippen LogP contribution in [0.3, 0.4) is 0 Å². The minimum absolute atomic E-state index is 0.179. The number of quaternary nitrogens is 1. The number of nitrogens with one attached hydrogen (secondary N) is 1. The lowest BCUT2D eigenvalue weighted by Gasteiger charge is -2.32. The molecule has 1 N–H and O–H groups in total. The van der Waals surface area contributed by atoms with Crippen LogP contribution in [-0.2, 0) is 9.59 Å². The van der Waals surface area contributed by atoms with Crippen molar-refractivity contribution in [1.29, 1.82) is 0 Å². The monoisotopic (exact) mass is 419 g/mol. The molecule has 3 heterocycles. The van der Waals surface area contributed by atoms with E-state index in [2.05, 4.69) is 14.8 Å². The summed E-state index contributed by atoms with van der Waals surface area (Å²) in [6.07, 6.45) is 7.14. The molecular weight excluding hydrogens is 388 g/mol. The Kier molecular flexibility index (Phi) is 5.51. The van der Waals surface area contributed by atoms with Crippen LogP contribution in [-0.4, -0.2) is 87.9 Å². The molecule has 0 bridgehead atoms. The summed E-state index contributed by atoms with van der Waals surface area (Å²) in [7, 11) is 0. The van der Waals surface area contributed by atoms with E-state index < -0.39 is 0 Å². The van der Waals surface area contributed by atoms with E-state index >= 15 is 0 Å². The number of carbonyl (C=O) groups is 2. The van der Waals surface area contributed by atoms with E-state index in [1.165, 1.54) is 30.6 Å². The van der Waals surface area contributed by atoms with Crippen LogP contribution in [0.1, 0.15) is 56.3 Å². The van der Waals surface area contributed by atoms with E-state index in [9.17, 15) is 9.59 Å². The van der Waals surface area contributed by atoms with Crippen LogP contribution in [0.2, 0.25) is 0 Å². The van der Waals surface area contributed by atoms with Gasteiger partial charge in [0, 0.05) is 25.0 Å². The topological polar surface area (TPSA) is 75.8 Å². The highest BCUT2D eigenvalue weighted by atomic mass is 32.2. The highest BCUT2D eigenvalue weighted by molar-refractivity contribution is 7.99. The average molecular weight is 420 g/mol. The van der Waals surface area contributed by atoms with Gasteiger partial charge in [0.15, 0.2) is 11.7 Å². The van der Waals surface area contributed by atoms with Gasteiger partial charge in [0.1, 0.15) is 5.82 Å². The van der Waals surface area contributed by atoms with E-state index in [1.54, 1.807) is 11.8 Å². The first kappa shape index (κ1) is 19.4. The second kappa shape index (κ2) is 8.26. The Balaban J connectivity index is 1.09. The third-order valence-corrected chi connectivity index (χ3v) is 7.48. The summed E-state index contributed by atoms with van der Waals surface area (Å²) in [5.74, 6) is 2.61. The van der Waals surface area contributed by atoms with Crippen molar-refractivity contribution < 1.29 is 14.5 Å². The predicted octanol–water partition coefficient (Wildman–Crippen LogP) is -0.0680. The smallest absolute Gasteiger partial charge is 0.277 e. The van der Waals surface area contributed by atoms with Gasteiger partial charge in [-0.1, -0.05) is 11.8 Å². The summed E-state index contributed by atoms with van der Waals surface area (Å²) in [6, 6.07) is 0.554. The number of hydrogen-bond donors (Lipinski definition) is 1. The molecule has 2 saturated heterocycles. The van der Waals surface area contributed by atoms with Gasteiger partial charge in [0.25, 0.3) is 5.91 Å². The van der Waals surface area contributed by atoms with Crippen molar-refractivity contribution in [3.05, 3.63) is 5.82 Å². The lowest BCUT2D eigenvalue weighted by Crippen LogP contribution is -3.15. The van der Waals surface area contributed by atoms with Crippen molar-refractivity contribution >= 4 is 23.6 Å². The second-order valence-corrected chi connectivity index (χ2v) is 9.84. The van der Waals surface area contributed by atoms with Crippen molar-refractivity contribution in [2.75, 3.05) is 51.6 Å². The molecule has 158 valence electrons. The molecule has 0 atom stereocenters. The molecule has 1 aromatic heterocycles. The molecule has 4 fully saturated rings. The van der Waals surface area contributed by atoms with E-state index in [1.807, 2.05) is 9.80 Å². The summed E-state index contributed by atoms with van der Waals surface area (Å²) in [6.45, 7) is 5.62. The first-order chi connectivity index (χ1) is 14.2. The Morgan fingerprint density at radius 1 is 0.931 bits per heavy atom. The van der Waals surface area contributed by atoms with E-state index in [0.29, 0.717) is 24.3 Å².